The Labute approximate surface area is 98.2 Å². The second-order valence-corrected chi connectivity index (χ2v) is 4.95. The van der Waals surface area contributed by atoms with E-state index in [2.05, 4.69) is 11.9 Å². The van der Waals surface area contributed by atoms with Crippen molar-refractivity contribution in [2.24, 2.45) is 5.73 Å². The molecule has 0 spiro atoms. The van der Waals surface area contributed by atoms with Gasteiger partial charge in [0.1, 0.15) is 0 Å². The van der Waals surface area contributed by atoms with E-state index in [0.717, 1.165) is 16.3 Å². The molecule has 0 bridgehead atoms. The van der Waals surface area contributed by atoms with Gasteiger partial charge in [-0.1, -0.05) is 11.6 Å². The molecule has 0 aliphatic heterocycles. The third kappa shape index (κ3) is 2.14. The number of aryl methyl sites for hydroxylation is 1. The van der Waals surface area contributed by atoms with E-state index >= 15 is 0 Å². The standard InChI is InChI=1S/C11H13ClN2S/c1-7-11(15-5-4-13)9-6-8(12)2-3-10(9)14-7/h2-3,6,14H,4-5,13H2,1H3. The highest BCUT2D eigenvalue weighted by Crippen LogP contribution is 2.32. The third-order valence-corrected chi connectivity index (χ3v) is 3.74. The van der Waals surface area contributed by atoms with E-state index in [-0.39, 0.29) is 0 Å². The Morgan fingerprint density at radius 2 is 2.27 bits per heavy atom. The lowest BCUT2D eigenvalue weighted by Gasteiger charge is -1.99. The number of nitrogens with two attached hydrogens (primary N) is 1. The zero-order valence-corrected chi connectivity index (χ0v) is 10.1. The average molecular weight is 241 g/mol. The van der Waals surface area contributed by atoms with Gasteiger partial charge in [0.2, 0.25) is 0 Å². The van der Waals surface area contributed by atoms with Crippen molar-refractivity contribution >= 4 is 34.3 Å². The van der Waals surface area contributed by atoms with E-state index in [1.807, 2.05) is 18.2 Å². The highest BCUT2D eigenvalue weighted by Gasteiger charge is 2.08. The molecule has 0 atom stereocenters. The van der Waals surface area contributed by atoms with Gasteiger partial charge in [-0.05, 0) is 25.1 Å². The van der Waals surface area contributed by atoms with E-state index in [9.17, 15) is 0 Å². The molecule has 1 heterocycles. The fourth-order valence-corrected chi connectivity index (χ4v) is 2.71. The summed E-state index contributed by atoms with van der Waals surface area (Å²) in [5, 5.41) is 1.97. The summed E-state index contributed by atoms with van der Waals surface area (Å²) < 4.78 is 0. The first kappa shape index (κ1) is 10.9. The molecule has 80 valence electrons. The molecule has 0 saturated carbocycles. The molecule has 0 aliphatic carbocycles. The number of fused-ring (bicyclic) bond motifs is 1. The maximum absolute atomic E-state index is 5.99. The Morgan fingerprint density at radius 3 is 3.00 bits per heavy atom. The number of H-pyrrole nitrogens is 1. The first-order valence-corrected chi connectivity index (χ1v) is 6.19. The minimum absolute atomic E-state index is 0.692. The van der Waals surface area contributed by atoms with Gasteiger partial charge in [0.25, 0.3) is 0 Å². The van der Waals surface area contributed by atoms with Crippen molar-refractivity contribution in [2.45, 2.75) is 11.8 Å². The second-order valence-electron chi connectivity index (χ2n) is 3.41. The van der Waals surface area contributed by atoms with Crippen LogP contribution < -0.4 is 5.73 Å². The van der Waals surface area contributed by atoms with E-state index < -0.39 is 0 Å². The molecule has 0 saturated heterocycles. The molecule has 3 N–H and O–H groups in total. The number of aromatic amines is 1. The van der Waals surface area contributed by atoms with Gasteiger partial charge < -0.3 is 10.7 Å². The molecule has 4 heteroatoms. The van der Waals surface area contributed by atoms with E-state index in [4.69, 9.17) is 17.3 Å². The molecule has 0 aliphatic rings. The lowest BCUT2D eigenvalue weighted by Crippen LogP contribution is -2.00. The normalized spacial score (nSPS) is 11.1. The first-order valence-electron chi connectivity index (χ1n) is 4.83. The third-order valence-electron chi connectivity index (χ3n) is 2.25. The van der Waals surface area contributed by atoms with Crippen LogP contribution in [0.2, 0.25) is 5.02 Å². The molecule has 1 aromatic heterocycles. The molecule has 2 aromatic rings. The van der Waals surface area contributed by atoms with Crippen LogP contribution in [0.1, 0.15) is 5.69 Å². The van der Waals surface area contributed by atoms with Crippen molar-refractivity contribution in [3.8, 4) is 0 Å². The number of rotatable bonds is 3. The molecular formula is C11H13ClN2S. The van der Waals surface area contributed by atoms with Crippen LogP contribution in [0.4, 0.5) is 0 Å². The van der Waals surface area contributed by atoms with E-state index in [1.54, 1.807) is 11.8 Å². The molecule has 0 radical (unpaired) electrons. The van der Waals surface area contributed by atoms with Gasteiger partial charge in [0, 0.05) is 38.8 Å². The van der Waals surface area contributed by atoms with Crippen LogP contribution in [0.15, 0.2) is 23.1 Å². The summed E-state index contributed by atoms with van der Waals surface area (Å²) in [7, 11) is 0. The number of hydrogen-bond acceptors (Lipinski definition) is 2. The molecule has 2 nitrogen and oxygen atoms in total. The molecule has 0 amide bonds. The zero-order chi connectivity index (χ0) is 10.8. The molecular weight excluding hydrogens is 228 g/mol. The van der Waals surface area contributed by atoms with E-state index in [0.29, 0.717) is 6.54 Å². The zero-order valence-electron chi connectivity index (χ0n) is 8.51. The van der Waals surface area contributed by atoms with Gasteiger partial charge in [0.05, 0.1) is 0 Å². The highest BCUT2D eigenvalue weighted by atomic mass is 35.5. The van der Waals surface area contributed by atoms with Gasteiger partial charge in [0.15, 0.2) is 0 Å². The topological polar surface area (TPSA) is 41.8 Å². The number of thioether (sulfide) groups is 1. The number of halogens is 1. The van der Waals surface area contributed by atoms with Crippen LogP contribution in [0.3, 0.4) is 0 Å². The Balaban J connectivity index is 2.50. The smallest absolute Gasteiger partial charge is 0.0468 e. The van der Waals surface area contributed by atoms with Crippen LogP contribution in [0.25, 0.3) is 10.9 Å². The van der Waals surface area contributed by atoms with Crippen LogP contribution in [0.5, 0.6) is 0 Å². The quantitative estimate of drug-likeness (QED) is 0.810. The maximum atomic E-state index is 5.99. The molecule has 15 heavy (non-hydrogen) atoms. The van der Waals surface area contributed by atoms with E-state index in [1.165, 1.54) is 16.0 Å². The highest BCUT2D eigenvalue weighted by molar-refractivity contribution is 7.99. The lowest BCUT2D eigenvalue weighted by molar-refractivity contribution is 1.14. The van der Waals surface area contributed by atoms with Crippen LogP contribution in [-0.4, -0.2) is 17.3 Å². The minimum atomic E-state index is 0.692. The summed E-state index contributed by atoms with van der Waals surface area (Å²) in [6.45, 7) is 2.77. The minimum Gasteiger partial charge on any atom is -0.358 e. The molecule has 1 aromatic carbocycles. The second kappa shape index (κ2) is 4.47. The van der Waals surface area contributed by atoms with Crippen LogP contribution in [-0.2, 0) is 0 Å². The summed E-state index contributed by atoms with van der Waals surface area (Å²) in [4.78, 5) is 4.60. The Morgan fingerprint density at radius 1 is 1.47 bits per heavy atom. The van der Waals surface area contributed by atoms with Gasteiger partial charge in [-0.15, -0.1) is 11.8 Å². The van der Waals surface area contributed by atoms with Crippen LogP contribution >= 0.6 is 23.4 Å². The monoisotopic (exact) mass is 240 g/mol. The number of hydrogen-bond donors (Lipinski definition) is 2. The predicted molar refractivity (Wildman–Crippen MR) is 67.8 cm³/mol. The largest absolute Gasteiger partial charge is 0.358 e. The predicted octanol–water partition coefficient (Wildman–Crippen LogP) is 3.18. The Hall–Kier alpha value is -0.640. The van der Waals surface area contributed by atoms with Crippen LogP contribution in [0, 0.1) is 6.92 Å². The Bertz CT molecular complexity index is 479. The summed E-state index contributed by atoms with van der Waals surface area (Å²) in [5.41, 5.74) is 7.83. The summed E-state index contributed by atoms with van der Waals surface area (Å²) in [6.07, 6.45) is 0. The molecule has 0 fully saturated rings. The SMILES string of the molecule is Cc1[nH]c2ccc(Cl)cc2c1SCCN. The number of benzene rings is 1. The van der Waals surface area contributed by atoms with Crippen molar-refractivity contribution in [1.29, 1.82) is 0 Å². The fourth-order valence-electron chi connectivity index (χ4n) is 1.62. The summed E-state index contributed by atoms with van der Waals surface area (Å²) in [5.74, 6) is 0.931. The number of aromatic nitrogens is 1. The van der Waals surface area contributed by atoms with Gasteiger partial charge in [-0.25, -0.2) is 0 Å². The molecule has 2 rings (SSSR count). The average Bonchev–Trinajstić information content (AvgIpc) is 2.51. The fraction of sp³-hybridized carbons (Fsp3) is 0.273. The van der Waals surface area contributed by atoms with Gasteiger partial charge >= 0.3 is 0 Å². The van der Waals surface area contributed by atoms with Crippen molar-refractivity contribution in [2.75, 3.05) is 12.3 Å². The van der Waals surface area contributed by atoms with Crippen molar-refractivity contribution < 1.29 is 0 Å². The van der Waals surface area contributed by atoms with Crippen molar-refractivity contribution in [3.63, 3.8) is 0 Å². The van der Waals surface area contributed by atoms with Gasteiger partial charge in [-0.3, -0.25) is 0 Å². The van der Waals surface area contributed by atoms with Crippen molar-refractivity contribution in [1.82, 2.24) is 4.98 Å². The van der Waals surface area contributed by atoms with Gasteiger partial charge in [-0.2, -0.15) is 0 Å². The molecule has 0 unspecified atom stereocenters. The van der Waals surface area contributed by atoms with Crippen molar-refractivity contribution in [3.05, 3.63) is 28.9 Å². The number of nitrogens with one attached hydrogen (secondary N) is 1. The first-order chi connectivity index (χ1) is 7.22. The summed E-state index contributed by atoms with van der Waals surface area (Å²) >= 11 is 7.76. The summed E-state index contributed by atoms with van der Waals surface area (Å²) in [6, 6.07) is 5.91. The Kier molecular flexibility index (Phi) is 3.24. The maximum Gasteiger partial charge on any atom is 0.0468 e. The lowest BCUT2D eigenvalue weighted by atomic mass is 10.2.